The molecule has 1 aromatic carbocycles. The topological polar surface area (TPSA) is 49.4 Å². The fourth-order valence-electron chi connectivity index (χ4n) is 2.83. The average molecular weight is 266 g/mol. The number of benzene rings is 1. The molecule has 1 N–H and O–H groups in total. The van der Waals surface area contributed by atoms with Gasteiger partial charge in [-0.1, -0.05) is 18.2 Å². The number of para-hydroxylation sites is 1. The van der Waals surface area contributed by atoms with Crippen molar-refractivity contribution in [3.63, 3.8) is 0 Å². The highest BCUT2D eigenvalue weighted by Crippen LogP contribution is 2.32. The smallest absolute Gasteiger partial charge is 0.239 e. The van der Waals surface area contributed by atoms with Crippen molar-refractivity contribution in [1.29, 1.82) is 0 Å². The molecule has 0 amide bonds. The summed E-state index contributed by atoms with van der Waals surface area (Å²) in [6, 6.07) is 7.81. The van der Waals surface area contributed by atoms with Crippen LogP contribution < -0.4 is 9.62 Å². The Labute approximate surface area is 108 Å². The van der Waals surface area contributed by atoms with E-state index in [0.717, 1.165) is 37.1 Å². The lowest BCUT2D eigenvalue weighted by molar-refractivity contribution is 0.495. The third-order valence-corrected chi connectivity index (χ3v) is 6.06. The summed E-state index contributed by atoms with van der Waals surface area (Å²) in [5.74, 6) is 0. The first-order chi connectivity index (χ1) is 8.69. The zero-order valence-corrected chi connectivity index (χ0v) is 11.1. The molecule has 18 heavy (non-hydrogen) atoms. The SMILES string of the molecule is O=S(=O)([C@H]1CCCNC1)N1CCc2ccccc21. The van der Waals surface area contributed by atoms with Crippen LogP contribution in [0.15, 0.2) is 24.3 Å². The second-order valence-electron chi connectivity index (χ2n) is 4.96. The molecule has 2 aliphatic heterocycles. The van der Waals surface area contributed by atoms with Crippen molar-refractivity contribution in [3.8, 4) is 0 Å². The van der Waals surface area contributed by atoms with Crippen molar-refractivity contribution >= 4 is 15.7 Å². The fourth-order valence-corrected chi connectivity index (χ4v) is 4.78. The van der Waals surface area contributed by atoms with E-state index >= 15 is 0 Å². The van der Waals surface area contributed by atoms with Gasteiger partial charge >= 0.3 is 0 Å². The van der Waals surface area contributed by atoms with E-state index < -0.39 is 10.0 Å². The molecule has 0 aromatic heterocycles. The van der Waals surface area contributed by atoms with Crippen LogP contribution >= 0.6 is 0 Å². The van der Waals surface area contributed by atoms with Gasteiger partial charge in [0.25, 0.3) is 0 Å². The van der Waals surface area contributed by atoms with Crippen LogP contribution in [0.5, 0.6) is 0 Å². The Bertz CT molecular complexity index is 536. The number of piperidine rings is 1. The molecule has 1 atom stereocenters. The fraction of sp³-hybridized carbons (Fsp3) is 0.538. The van der Waals surface area contributed by atoms with Gasteiger partial charge in [0.2, 0.25) is 10.0 Å². The molecule has 1 saturated heterocycles. The van der Waals surface area contributed by atoms with Crippen molar-refractivity contribution in [2.45, 2.75) is 24.5 Å². The predicted molar refractivity (Wildman–Crippen MR) is 72.3 cm³/mol. The molecule has 2 aliphatic rings. The van der Waals surface area contributed by atoms with Crippen molar-refractivity contribution in [3.05, 3.63) is 29.8 Å². The first-order valence-electron chi connectivity index (χ1n) is 6.50. The average Bonchev–Trinajstić information content (AvgIpc) is 2.84. The van der Waals surface area contributed by atoms with Crippen LogP contribution in [0, 0.1) is 0 Å². The zero-order valence-electron chi connectivity index (χ0n) is 10.3. The monoisotopic (exact) mass is 266 g/mol. The van der Waals surface area contributed by atoms with E-state index in [4.69, 9.17) is 0 Å². The number of nitrogens with one attached hydrogen (secondary N) is 1. The summed E-state index contributed by atoms with van der Waals surface area (Å²) in [7, 11) is -3.20. The van der Waals surface area contributed by atoms with Gasteiger partial charge in [-0.2, -0.15) is 0 Å². The summed E-state index contributed by atoms with van der Waals surface area (Å²) in [5.41, 5.74) is 2.02. The van der Waals surface area contributed by atoms with Gasteiger partial charge in [0.15, 0.2) is 0 Å². The quantitative estimate of drug-likeness (QED) is 0.873. The van der Waals surface area contributed by atoms with Gasteiger partial charge in [-0.15, -0.1) is 0 Å². The van der Waals surface area contributed by atoms with Crippen LogP contribution in [-0.4, -0.2) is 33.3 Å². The molecule has 5 heteroatoms. The van der Waals surface area contributed by atoms with Crippen LogP contribution in [0.3, 0.4) is 0 Å². The number of fused-ring (bicyclic) bond motifs is 1. The predicted octanol–water partition coefficient (Wildman–Crippen LogP) is 1.13. The highest BCUT2D eigenvalue weighted by molar-refractivity contribution is 7.93. The van der Waals surface area contributed by atoms with Gasteiger partial charge in [0.1, 0.15) is 0 Å². The summed E-state index contributed by atoms with van der Waals surface area (Å²) in [6.07, 6.45) is 2.54. The summed E-state index contributed by atoms with van der Waals surface area (Å²) in [5, 5.41) is 2.92. The highest BCUT2D eigenvalue weighted by atomic mass is 32.2. The van der Waals surface area contributed by atoms with Gasteiger partial charge in [0.05, 0.1) is 10.9 Å². The van der Waals surface area contributed by atoms with E-state index in [1.807, 2.05) is 24.3 Å². The van der Waals surface area contributed by atoms with Crippen LogP contribution in [0.25, 0.3) is 0 Å². The van der Waals surface area contributed by atoms with E-state index in [1.165, 1.54) is 0 Å². The van der Waals surface area contributed by atoms with Gasteiger partial charge in [0, 0.05) is 13.1 Å². The minimum absolute atomic E-state index is 0.266. The van der Waals surface area contributed by atoms with Gasteiger partial charge < -0.3 is 5.32 Å². The molecule has 1 fully saturated rings. The molecule has 0 saturated carbocycles. The lowest BCUT2D eigenvalue weighted by Gasteiger charge is -2.29. The number of rotatable bonds is 2. The molecule has 0 spiro atoms. The number of sulfonamides is 1. The Kier molecular flexibility index (Phi) is 3.03. The summed E-state index contributed by atoms with van der Waals surface area (Å²) < 4.78 is 26.9. The van der Waals surface area contributed by atoms with Crippen molar-refractivity contribution in [2.75, 3.05) is 23.9 Å². The number of hydrogen-bond donors (Lipinski definition) is 1. The van der Waals surface area contributed by atoms with E-state index in [9.17, 15) is 8.42 Å². The molecule has 0 radical (unpaired) electrons. The summed E-state index contributed by atoms with van der Waals surface area (Å²) in [6.45, 7) is 2.11. The molecular weight excluding hydrogens is 248 g/mol. The lowest BCUT2D eigenvalue weighted by atomic mass is 10.2. The van der Waals surface area contributed by atoms with E-state index in [2.05, 4.69) is 5.32 Å². The van der Waals surface area contributed by atoms with E-state index in [0.29, 0.717) is 13.1 Å². The maximum absolute atomic E-state index is 12.6. The van der Waals surface area contributed by atoms with Gasteiger partial charge in [-0.3, -0.25) is 4.31 Å². The third-order valence-electron chi connectivity index (χ3n) is 3.82. The zero-order chi connectivity index (χ0) is 12.6. The third kappa shape index (κ3) is 1.91. The Balaban J connectivity index is 1.91. The molecule has 0 unspecified atom stereocenters. The molecule has 3 rings (SSSR count). The molecule has 0 aliphatic carbocycles. The normalized spacial score (nSPS) is 24.0. The van der Waals surface area contributed by atoms with Crippen molar-refractivity contribution < 1.29 is 8.42 Å². The second-order valence-corrected chi connectivity index (χ2v) is 7.10. The molecule has 4 nitrogen and oxygen atoms in total. The van der Waals surface area contributed by atoms with Crippen LogP contribution in [0.2, 0.25) is 0 Å². The molecule has 2 heterocycles. The highest BCUT2D eigenvalue weighted by Gasteiger charge is 2.36. The number of hydrogen-bond acceptors (Lipinski definition) is 3. The largest absolute Gasteiger partial charge is 0.315 e. The maximum atomic E-state index is 12.6. The number of anilines is 1. The van der Waals surface area contributed by atoms with E-state index in [1.54, 1.807) is 4.31 Å². The first kappa shape index (κ1) is 12.0. The Morgan fingerprint density at radius 3 is 2.89 bits per heavy atom. The van der Waals surface area contributed by atoms with Gasteiger partial charge in [-0.25, -0.2) is 8.42 Å². The molecule has 0 bridgehead atoms. The first-order valence-corrected chi connectivity index (χ1v) is 8.00. The second kappa shape index (κ2) is 4.55. The standard InChI is InChI=1S/C13H18N2O2S/c16-18(17,12-5-3-8-14-10-12)15-9-7-11-4-1-2-6-13(11)15/h1-2,4,6,12,14H,3,5,7-10H2/t12-/m0/s1. The van der Waals surface area contributed by atoms with Crippen LogP contribution in [0.4, 0.5) is 5.69 Å². The van der Waals surface area contributed by atoms with Crippen LogP contribution in [0.1, 0.15) is 18.4 Å². The molecular formula is C13H18N2O2S. The van der Waals surface area contributed by atoms with E-state index in [-0.39, 0.29) is 5.25 Å². The Morgan fingerprint density at radius 2 is 2.11 bits per heavy atom. The minimum Gasteiger partial charge on any atom is -0.315 e. The minimum atomic E-state index is -3.20. The van der Waals surface area contributed by atoms with Crippen molar-refractivity contribution in [2.24, 2.45) is 0 Å². The molecule has 1 aromatic rings. The molecule has 98 valence electrons. The van der Waals surface area contributed by atoms with Crippen molar-refractivity contribution in [1.82, 2.24) is 5.32 Å². The summed E-state index contributed by atoms with van der Waals surface area (Å²) in [4.78, 5) is 0. The van der Waals surface area contributed by atoms with Crippen LogP contribution in [-0.2, 0) is 16.4 Å². The Hall–Kier alpha value is -1.07. The summed E-state index contributed by atoms with van der Waals surface area (Å²) >= 11 is 0. The lowest BCUT2D eigenvalue weighted by Crippen LogP contribution is -2.45. The van der Waals surface area contributed by atoms with Gasteiger partial charge in [-0.05, 0) is 37.4 Å². The maximum Gasteiger partial charge on any atom is 0.239 e. The Morgan fingerprint density at radius 1 is 1.28 bits per heavy atom. The number of nitrogens with zero attached hydrogens (tertiary/aromatic N) is 1.